The van der Waals surface area contributed by atoms with Crippen LogP contribution in [0, 0.1) is 5.92 Å². The molecule has 0 radical (unpaired) electrons. The minimum absolute atomic E-state index is 0.207. The van der Waals surface area contributed by atoms with Crippen molar-refractivity contribution in [2.45, 2.75) is 19.9 Å². The van der Waals surface area contributed by atoms with Gasteiger partial charge in [0.2, 0.25) is 5.56 Å². The number of hydrogen-bond acceptors (Lipinski definition) is 3. The number of carboxylic acids is 1. The number of aromatic amines is 1. The van der Waals surface area contributed by atoms with Crippen molar-refractivity contribution < 1.29 is 14.7 Å². The van der Waals surface area contributed by atoms with E-state index in [1.165, 1.54) is 19.2 Å². The Morgan fingerprint density at radius 1 is 1.41 bits per heavy atom. The van der Waals surface area contributed by atoms with Gasteiger partial charge in [-0.3, -0.25) is 14.4 Å². The topological polar surface area (TPSA) is 99.3 Å². The first kappa shape index (κ1) is 13.0. The van der Waals surface area contributed by atoms with Crippen LogP contribution in [0.2, 0.25) is 0 Å². The van der Waals surface area contributed by atoms with E-state index in [1.54, 1.807) is 6.92 Å². The fourth-order valence-corrected chi connectivity index (χ4v) is 1.21. The van der Waals surface area contributed by atoms with Gasteiger partial charge in [-0.15, -0.1) is 0 Å². The highest BCUT2D eigenvalue weighted by Crippen LogP contribution is 2.04. The van der Waals surface area contributed by atoms with Crippen molar-refractivity contribution >= 4 is 11.9 Å². The average molecular weight is 238 g/mol. The van der Waals surface area contributed by atoms with Crippen LogP contribution in [0.1, 0.15) is 24.2 Å². The van der Waals surface area contributed by atoms with Crippen LogP contribution in [0.15, 0.2) is 23.1 Å². The van der Waals surface area contributed by atoms with Gasteiger partial charge in [-0.25, -0.2) is 0 Å². The fraction of sp³-hybridized carbons (Fsp3) is 0.364. The molecule has 0 saturated heterocycles. The van der Waals surface area contributed by atoms with Gasteiger partial charge in [0.05, 0.1) is 5.92 Å². The minimum Gasteiger partial charge on any atom is -0.481 e. The van der Waals surface area contributed by atoms with Crippen molar-refractivity contribution in [1.82, 2.24) is 10.3 Å². The molecule has 0 aromatic carbocycles. The number of pyridine rings is 1. The summed E-state index contributed by atoms with van der Waals surface area (Å²) in [4.78, 5) is 35.8. The Labute approximate surface area is 97.7 Å². The van der Waals surface area contributed by atoms with Crippen LogP contribution in [-0.4, -0.2) is 28.0 Å². The zero-order valence-electron chi connectivity index (χ0n) is 9.56. The third-order valence-corrected chi connectivity index (χ3v) is 2.54. The first-order valence-electron chi connectivity index (χ1n) is 5.14. The Kier molecular flexibility index (Phi) is 4.03. The Hall–Kier alpha value is -2.11. The predicted molar refractivity (Wildman–Crippen MR) is 60.8 cm³/mol. The van der Waals surface area contributed by atoms with Crippen molar-refractivity contribution in [3.63, 3.8) is 0 Å². The van der Waals surface area contributed by atoms with Crippen LogP contribution in [0.25, 0.3) is 0 Å². The first-order chi connectivity index (χ1) is 7.91. The quantitative estimate of drug-likeness (QED) is 0.698. The average Bonchev–Trinajstić information content (AvgIpc) is 2.27. The molecule has 2 atom stereocenters. The van der Waals surface area contributed by atoms with Crippen LogP contribution in [0.5, 0.6) is 0 Å². The van der Waals surface area contributed by atoms with Gasteiger partial charge in [0.25, 0.3) is 5.91 Å². The first-order valence-corrected chi connectivity index (χ1v) is 5.14. The van der Waals surface area contributed by atoms with Crippen LogP contribution >= 0.6 is 0 Å². The van der Waals surface area contributed by atoms with Gasteiger partial charge < -0.3 is 15.4 Å². The number of carbonyl (C=O) groups excluding carboxylic acids is 1. The van der Waals surface area contributed by atoms with Gasteiger partial charge in [0.1, 0.15) is 0 Å². The second kappa shape index (κ2) is 5.29. The molecule has 1 amide bonds. The molecule has 0 fully saturated rings. The van der Waals surface area contributed by atoms with Crippen LogP contribution in [-0.2, 0) is 4.79 Å². The van der Waals surface area contributed by atoms with Crippen LogP contribution < -0.4 is 10.9 Å². The van der Waals surface area contributed by atoms with E-state index in [0.717, 1.165) is 6.07 Å². The zero-order valence-corrected chi connectivity index (χ0v) is 9.56. The molecular formula is C11H14N2O4. The molecule has 0 bridgehead atoms. The number of aliphatic carboxylic acids is 1. The lowest BCUT2D eigenvalue weighted by molar-refractivity contribution is -0.141. The lowest BCUT2D eigenvalue weighted by Crippen LogP contribution is -2.40. The van der Waals surface area contributed by atoms with E-state index in [4.69, 9.17) is 5.11 Å². The Bertz CT molecular complexity index is 480. The summed E-state index contributed by atoms with van der Waals surface area (Å²) in [7, 11) is 0. The standard InChI is InChI=1S/C11H14N2O4/c1-6(11(16)17)7(2)13-10(15)8-3-4-12-9(14)5-8/h3-7H,1-2H3,(H,12,14)(H,13,15)(H,16,17). The molecule has 6 heteroatoms. The van der Waals surface area contributed by atoms with Crippen molar-refractivity contribution in [3.05, 3.63) is 34.2 Å². The molecule has 0 saturated carbocycles. The summed E-state index contributed by atoms with van der Waals surface area (Å²) in [6.07, 6.45) is 1.36. The maximum absolute atomic E-state index is 11.7. The maximum Gasteiger partial charge on any atom is 0.308 e. The smallest absolute Gasteiger partial charge is 0.308 e. The third-order valence-electron chi connectivity index (χ3n) is 2.54. The van der Waals surface area contributed by atoms with Crippen LogP contribution in [0.4, 0.5) is 0 Å². The lowest BCUT2D eigenvalue weighted by Gasteiger charge is -2.17. The molecule has 2 unspecified atom stereocenters. The summed E-state index contributed by atoms with van der Waals surface area (Å²) >= 11 is 0. The van der Waals surface area contributed by atoms with Gasteiger partial charge in [0, 0.05) is 23.9 Å². The fourth-order valence-electron chi connectivity index (χ4n) is 1.21. The van der Waals surface area contributed by atoms with Crippen molar-refractivity contribution in [2.75, 3.05) is 0 Å². The van der Waals surface area contributed by atoms with Crippen molar-refractivity contribution in [2.24, 2.45) is 5.92 Å². The second-order valence-electron chi connectivity index (χ2n) is 3.83. The zero-order chi connectivity index (χ0) is 13.0. The van der Waals surface area contributed by atoms with Gasteiger partial charge in [-0.2, -0.15) is 0 Å². The lowest BCUT2D eigenvalue weighted by atomic mass is 10.0. The molecular weight excluding hydrogens is 224 g/mol. The monoisotopic (exact) mass is 238 g/mol. The molecule has 3 N–H and O–H groups in total. The number of nitrogens with one attached hydrogen (secondary N) is 2. The number of carbonyl (C=O) groups is 2. The molecule has 0 spiro atoms. The largest absolute Gasteiger partial charge is 0.481 e. The van der Waals surface area contributed by atoms with Crippen molar-refractivity contribution in [1.29, 1.82) is 0 Å². The van der Waals surface area contributed by atoms with E-state index >= 15 is 0 Å². The highest BCUT2D eigenvalue weighted by atomic mass is 16.4. The Balaban J connectivity index is 2.73. The van der Waals surface area contributed by atoms with Gasteiger partial charge in [0.15, 0.2) is 0 Å². The Morgan fingerprint density at radius 3 is 2.59 bits per heavy atom. The van der Waals surface area contributed by atoms with E-state index in [1.807, 2.05) is 0 Å². The number of carboxylic acid groups (broad SMARTS) is 1. The molecule has 17 heavy (non-hydrogen) atoms. The van der Waals surface area contributed by atoms with Gasteiger partial charge >= 0.3 is 5.97 Å². The molecule has 92 valence electrons. The minimum atomic E-state index is -0.983. The third kappa shape index (κ3) is 3.44. The van der Waals surface area contributed by atoms with Gasteiger partial charge in [-0.1, -0.05) is 0 Å². The summed E-state index contributed by atoms with van der Waals surface area (Å²) in [6.45, 7) is 3.11. The van der Waals surface area contributed by atoms with Crippen LogP contribution in [0.3, 0.4) is 0 Å². The number of amides is 1. The highest BCUT2D eigenvalue weighted by Gasteiger charge is 2.21. The highest BCUT2D eigenvalue weighted by molar-refractivity contribution is 5.94. The number of H-pyrrole nitrogens is 1. The SMILES string of the molecule is CC(NC(=O)c1cc[nH]c(=O)c1)C(C)C(=O)O. The summed E-state index contributed by atoms with van der Waals surface area (Å²) < 4.78 is 0. The van der Waals surface area contributed by atoms with Crippen molar-refractivity contribution in [3.8, 4) is 0 Å². The maximum atomic E-state index is 11.7. The number of hydrogen-bond donors (Lipinski definition) is 3. The van der Waals surface area contributed by atoms with E-state index < -0.39 is 23.8 Å². The molecule has 1 aromatic rings. The summed E-state index contributed by atoms with van der Waals surface area (Å²) in [5.41, 5.74) is -0.172. The molecule has 1 rings (SSSR count). The van der Waals surface area contributed by atoms with E-state index in [9.17, 15) is 14.4 Å². The van der Waals surface area contributed by atoms with E-state index in [-0.39, 0.29) is 11.1 Å². The molecule has 1 heterocycles. The number of rotatable bonds is 4. The summed E-state index contributed by atoms with van der Waals surface area (Å²) in [5.74, 6) is -2.14. The normalized spacial score (nSPS) is 13.8. The number of aromatic nitrogens is 1. The summed E-state index contributed by atoms with van der Waals surface area (Å²) in [6, 6.07) is 2.10. The summed E-state index contributed by atoms with van der Waals surface area (Å²) in [5, 5.41) is 11.3. The van der Waals surface area contributed by atoms with Gasteiger partial charge in [-0.05, 0) is 19.9 Å². The predicted octanol–water partition coefficient (Wildman–Crippen LogP) is 0.214. The Morgan fingerprint density at radius 2 is 2.06 bits per heavy atom. The molecule has 1 aromatic heterocycles. The molecule has 6 nitrogen and oxygen atoms in total. The van der Waals surface area contributed by atoms with E-state index in [0.29, 0.717) is 0 Å². The second-order valence-corrected chi connectivity index (χ2v) is 3.83. The molecule has 0 aliphatic rings. The van der Waals surface area contributed by atoms with E-state index in [2.05, 4.69) is 10.3 Å². The molecule has 0 aliphatic heterocycles. The molecule has 0 aliphatic carbocycles.